The lowest BCUT2D eigenvalue weighted by molar-refractivity contribution is -0.186. The molecule has 0 radical (unpaired) electrons. The first kappa shape index (κ1) is 20.7. The lowest BCUT2D eigenvalue weighted by atomic mass is 9.97. The number of hydrogen-bond acceptors (Lipinski definition) is 3. The van der Waals surface area contributed by atoms with Crippen molar-refractivity contribution in [3.05, 3.63) is 16.8 Å². The van der Waals surface area contributed by atoms with Gasteiger partial charge in [-0.15, -0.1) is 0 Å². The number of nitriles is 1. The molecular weight excluding hydrogens is 369 g/mol. The molecule has 1 saturated carbocycles. The Hall–Kier alpha value is -2.01. The van der Waals surface area contributed by atoms with E-state index in [1.54, 1.807) is 4.90 Å². The summed E-state index contributed by atoms with van der Waals surface area (Å²) in [7, 11) is 0. The topological polar surface area (TPSA) is 61.1 Å². The lowest BCUT2D eigenvalue weighted by Gasteiger charge is -2.33. The normalized spacial score (nSPS) is 21.6. The molecule has 1 aliphatic carbocycles. The van der Waals surface area contributed by atoms with Crippen LogP contribution in [0.5, 0.6) is 0 Å². The Balaban J connectivity index is 1.75. The Labute approximate surface area is 163 Å². The summed E-state index contributed by atoms with van der Waals surface area (Å²) in [6.07, 6.45) is 0.547. The zero-order valence-corrected chi connectivity index (χ0v) is 16.4. The Bertz CT molecular complexity index is 772. The van der Waals surface area contributed by atoms with E-state index in [0.29, 0.717) is 24.3 Å². The molecule has 0 unspecified atom stereocenters. The fourth-order valence-electron chi connectivity index (χ4n) is 4.55. The maximum Gasteiger partial charge on any atom is 0.393 e. The van der Waals surface area contributed by atoms with Gasteiger partial charge in [0.15, 0.2) is 0 Å². The number of nitrogens with zero attached hydrogens (tertiary/aromatic N) is 3. The number of alkyl halides is 3. The highest BCUT2D eigenvalue weighted by atomic mass is 19.4. The molecule has 3 rings (SSSR count). The van der Waals surface area contributed by atoms with Crippen LogP contribution in [0.3, 0.4) is 0 Å². The van der Waals surface area contributed by atoms with Gasteiger partial charge in [0.2, 0.25) is 5.91 Å². The highest BCUT2D eigenvalue weighted by molar-refractivity contribution is 5.93. The van der Waals surface area contributed by atoms with Crippen molar-refractivity contribution in [1.82, 2.24) is 9.47 Å². The highest BCUT2D eigenvalue weighted by Gasteiger charge is 2.42. The predicted octanol–water partition coefficient (Wildman–Crippen LogP) is 4.30. The number of amides is 1. The van der Waals surface area contributed by atoms with Gasteiger partial charge in [-0.1, -0.05) is 12.8 Å². The lowest BCUT2D eigenvalue weighted by Crippen LogP contribution is -2.44. The maximum absolute atomic E-state index is 13.0. The summed E-state index contributed by atoms with van der Waals surface area (Å²) in [5.41, 5.74) is 2.26. The molecule has 1 N–H and O–H groups in total. The number of hydrogen-bond donors (Lipinski definition) is 1. The summed E-state index contributed by atoms with van der Waals surface area (Å²) in [5.74, 6) is -1.24. The van der Waals surface area contributed by atoms with Gasteiger partial charge in [0.1, 0.15) is 11.9 Å². The Morgan fingerprint density at radius 1 is 1.21 bits per heavy atom. The molecule has 1 amide bonds. The summed E-state index contributed by atoms with van der Waals surface area (Å²) in [6, 6.07) is 2.44. The molecule has 2 fully saturated rings. The van der Waals surface area contributed by atoms with E-state index in [-0.39, 0.29) is 31.5 Å². The minimum atomic E-state index is -4.23. The number of carbonyl (C=O) groups excluding carboxylic acids is 1. The van der Waals surface area contributed by atoms with E-state index in [0.717, 1.165) is 36.9 Å². The average molecular weight is 396 g/mol. The van der Waals surface area contributed by atoms with Gasteiger partial charge in [0.25, 0.3) is 0 Å². The average Bonchev–Trinajstić information content (AvgIpc) is 3.22. The largest absolute Gasteiger partial charge is 0.393 e. The van der Waals surface area contributed by atoms with E-state index in [4.69, 9.17) is 0 Å². The van der Waals surface area contributed by atoms with Crippen molar-refractivity contribution in [2.24, 2.45) is 5.92 Å². The van der Waals surface area contributed by atoms with Crippen LogP contribution in [-0.4, -0.2) is 41.2 Å². The fourth-order valence-corrected chi connectivity index (χ4v) is 4.55. The molecular formula is C20H27F3N4O. The fraction of sp³-hybridized carbons (Fsp3) is 0.700. The Morgan fingerprint density at radius 2 is 1.89 bits per heavy atom. The minimum absolute atomic E-state index is 0.0919. The van der Waals surface area contributed by atoms with Crippen molar-refractivity contribution >= 4 is 11.7 Å². The SMILES string of the molecule is Cc1c(C#N)c(NC(=O)CN2CCC[C@@H](C(F)(F)F)C2)n(C2CCCC2)c1C. The van der Waals surface area contributed by atoms with Gasteiger partial charge >= 0.3 is 6.18 Å². The highest BCUT2D eigenvalue weighted by Crippen LogP contribution is 2.38. The van der Waals surface area contributed by atoms with E-state index in [2.05, 4.69) is 11.4 Å². The standard InChI is InChI=1S/C20H27F3N4O/c1-13-14(2)27(16-7-3-4-8-16)19(17(13)10-24)25-18(28)12-26-9-5-6-15(11-26)20(21,22)23/h15-16H,3-9,11-12H2,1-2H3,(H,25,28)/t15-/m1/s1. The summed E-state index contributed by atoms with van der Waals surface area (Å²) in [6.45, 7) is 4.05. The van der Waals surface area contributed by atoms with Gasteiger partial charge in [0, 0.05) is 18.3 Å². The Morgan fingerprint density at radius 3 is 2.50 bits per heavy atom. The second kappa shape index (κ2) is 8.16. The van der Waals surface area contributed by atoms with Gasteiger partial charge in [-0.25, -0.2) is 0 Å². The summed E-state index contributed by atoms with van der Waals surface area (Å²) in [5, 5.41) is 12.4. The van der Waals surface area contributed by atoms with Gasteiger partial charge in [-0.05, 0) is 51.6 Å². The van der Waals surface area contributed by atoms with Crippen LogP contribution in [0.4, 0.5) is 19.0 Å². The van der Waals surface area contributed by atoms with Crippen LogP contribution in [0.25, 0.3) is 0 Å². The molecule has 0 aromatic carbocycles. The number of nitrogens with one attached hydrogen (secondary N) is 1. The quantitative estimate of drug-likeness (QED) is 0.825. The number of halogens is 3. The number of rotatable bonds is 4. The zero-order chi connectivity index (χ0) is 20.5. The number of piperidine rings is 1. The summed E-state index contributed by atoms with van der Waals surface area (Å²) < 4.78 is 41.1. The van der Waals surface area contributed by atoms with E-state index in [1.165, 1.54) is 0 Å². The first-order chi connectivity index (χ1) is 13.2. The van der Waals surface area contributed by atoms with Crippen molar-refractivity contribution in [2.75, 3.05) is 25.0 Å². The van der Waals surface area contributed by atoms with Gasteiger partial charge < -0.3 is 9.88 Å². The molecule has 1 aromatic heterocycles. The molecule has 154 valence electrons. The molecule has 1 atom stereocenters. The van der Waals surface area contributed by atoms with Crippen LogP contribution in [0.2, 0.25) is 0 Å². The van der Waals surface area contributed by atoms with Gasteiger partial charge in [-0.2, -0.15) is 18.4 Å². The molecule has 1 aliphatic heterocycles. The second-order valence-corrected chi connectivity index (χ2v) is 8.02. The van der Waals surface area contributed by atoms with Gasteiger partial charge in [0.05, 0.1) is 18.0 Å². The second-order valence-electron chi connectivity index (χ2n) is 8.02. The number of anilines is 1. The summed E-state index contributed by atoms with van der Waals surface area (Å²) >= 11 is 0. The first-order valence-corrected chi connectivity index (χ1v) is 9.92. The minimum Gasteiger partial charge on any atom is -0.327 e. The Kier molecular flexibility index (Phi) is 6.04. The van der Waals surface area contributed by atoms with E-state index >= 15 is 0 Å². The van der Waals surface area contributed by atoms with Crippen molar-refractivity contribution < 1.29 is 18.0 Å². The van der Waals surface area contributed by atoms with Crippen molar-refractivity contribution in [1.29, 1.82) is 5.26 Å². The van der Waals surface area contributed by atoms with Gasteiger partial charge in [-0.3, -0.25) is 9.69 Å². The van der Waals surface area contributed by atoms with Crippen LogP contribution < -0.4 is 5.32 Å². The molecule has 1 aromatic rings. The molecule has 5 nitrogen and oxygen atoms in total. The van der Waals surface area contributed by atoms with Crippen LogP contribution >= 0.6 is 0 Å². The van der Waals surface area contributed by atoms with E-state index in [9.17, 15) is 23.2 Å². The van der Waals surface area contributed by atoms with Crippen LogP contribution in [0.1, 0.15) is 61.4 Å². The monoisotopic (exact) mass is 396 g/mol. The smallest absolute Gasteiger partial charge is 0.327 e. The molecule has 1 saturated heterocycles. The molecule has 2 aliphatic rings. The maximum atomic E-state index is 13.0. The zero-order valence-electron chi connectivity index (χ0n) is 16.4. The first-order valence-electron chi connectivity index (χ1n) is 9.92. The number of likely N-dealkylation sites (tertiary alicyclic amines) is 1. The predicted molar refractivity (Wildman–Crippen MR) is 100.0 cm³/mol. The van der Waals surface area contributed by atoms with Crippen molar-refractivity contribution in [3.63, 3.8) is 0 Å². The van der Waals surface area contributed by atoms with E-state index in [1.807, 2.05) is 18.4 Å². The van der Waals surface area contributed by atoms with Crippen LogP contribution in [0.15, 0.2) is 0 Å². The molecule has 28 heavy (non-hydrogen) atoms. The molecule has 0 spiro atoms. The third kappa shape index (κ3) is 4.19. The third-order valence-corrected chi connectivity index (χ3v) is 6.15. The number of carbonyl (C=O) groups is 1. The molecule has 0 bridgehead atoms. The molecule has 2 heterocycles. The number of aromatic nitrogens is 1. The van der Waals surface area contributed by atoms with Crippen LogP contribution in [-0.2, 0) is 4.79 Å². The molecule has 8 heteroatoms. The third-order valence-electron chi connectivity index (χ3n) is 6.15. The van der Waals surface area contributed by atoms with E-state index < -0.39 is 12.1 Å². The van der Waals surface area contributed by atoms with Crippen molar-refractivity contribution in [2.45, 2.75) is 64.6 Å². The summed E-state index contributed by atoms with van der Waals surface area (Å²) in [4.78, 5) is 14.2. The van der Waals surface area contributed by atoms with Crippen molar-refractivity contribution in [3.8, 4) is 6.07 Å². The van der Waals surface area contributed by atoms with Crippen LogP contribution in [0, 0.1) is 31.1 Å².